The number of benzene rings is 1. The van der Waals surface area contributed by atoms with Gasteiger partial charge in [0.15, 0.2) is 0 Å². The molecule has 4 nitrogen and oxygen atoms in total. The van der Waals surface area contributed by atoms with E-state index >= 15 is 0 Å². The van der Waals surface area contributed by atoms with Gasteiger partial charge in [-0.25, -0.2) is 9.59 Å². The molecule has 0 spiro atoms. The van der Waals surface area contributed by atoms with Crippen LogP contribution in [0.15, 0.2) is 48.1 Å². The van der Waals surface area contributed by atoms with E-state index in [0.717, 1.165) is 11.1 Å². The smallest absolute Gasteiger partial charge is 0.330 e. The largest absolute Gasteiger partial charge is 0.478 e. The normalized spacial score (nSPS) is 9.21. The van der Waals surface area contributed by atoms with Crippen LogP contribution in [0.3, 0.4) is 0 Å². The molecule has 0 fully saturated rings. The van der Waals surface area contributed by atoms with E-state index < -0.39 is 5.97 Å². The third-order valence-electron chi connectivity index (χ3n) is 1.82. The van der Waals surface area contributed by atoms with Gasteiger partial charge in [-0.05, 0) is 25.5 Å². The molecular formula is C15H18O4. The van der Waals surface area contributed by atoms with Crippen LogP contribution in [0.2, 0.25) is 0 Å². The van der Waals surface area contributed by atoms with E-state index in [-0.39, 0.29) is 5.97 Å². The molecule has 0 amide bonds. The Kier molecular flexibility index (Phi) is 8.45. The lowest BCUT2D eigenvalue weighted by Crippen LogP contribution is -1.92. The average Bonchev–Trinajstić information content (AvgIpc) is 2.36. The van der Waals surface area contributed by atoms with E-state index in [1.54, 1.807) is 19.9 Å². The summed E-state index contributed by atoms with van der Waals surface area (Å²) in [6.07, 6.45) is 4.28. The van der Waals surface area contributed by atoms with Gasteiger partial charge in [0.1, 0.15) is 0 Å². The van der Waals surface area contributed by atoms with E-state index in [2.05, 4.69) is 4.74 Å². The van der Waals surface area contributed by atoms with Gasteiger partial charge in [0.2, 0.25) is 0 Å². The monoisotopic (exact) mass is 262 g/mol. The van der Waals surface area contributed by atoms with Gasteiger partial charge >= 0.3 is 11.9 Å². The fraction of sp³-hybridized carbons (Fsp3) is 0.200. The molecule has 4 heteroatoms. The number of carbonyl (C=O) groups is 2. The summed E-state index contributed by atoms with van der Waals surface area (Å²) in [4.78, 5) is 20.4. The summed E-state index contributed by atoms with van der Waals surface area (Å²) in [7, 11) is 1.36. The van der Waals surface area contributed by atoms with E-state index in [4.69, 9.17) is 5.11 Å². The molecule has 0 bridgehead atoms. The van der Waals surface area contributed by atoms with Gasteiger partial charge in [-0.1, -0.05) is 35.9 Å². The number of aliphatic carboxylic acids is 1. The minimum atomic E-state index is -0.875. The molecule has 0 aliphatic carbocycles. The van der Waals surface area contributed by atoms with Crippen molar-refractivity contribution in [3.63, 3.8) is 0 Å². The Balaban J connectivity index is 0.000000399. The molecule has 0 saturated carbocycles. The number of carboxylic acids is 1. The van der Waals surface area contributed by atoms with Gasteiger partial charge in [0, 0.05) is 12.2 Å². The van der Waals surface area contributed by atoms with Crippen LogP contribution < -0.4 is 0 Å². The number of carbonyl (C=O) groups excluding carboxylic acids is 1. The van der Waals surface area contributed by atoms with Crippen molar-refractivity contribution in [3.8, 4) is 0 Å². The lowest BCUT2D eigenvalue weighted by Gasteiger charge is -1.91. The van der Waals surface area contributed by atoms with Crippen LogP contribution in [0, 0.1) is 0 Å². The highest BCUT2D eigenvalue weighted by Crippen LogP contribution is 2.00. The fourth-order valence-electron chi connectivity index (χ4n) is 1.04. The Morgan fingerprint density at radius 2 is 1.74 bits per heavy atom. The van der Waals surface area contributed by atoms with Crippen LogP contribution in [0.5, 0.6) is 0 Å². The number of hydrogen-bond acceptors (Lipinski definition) is 3. The molecule has 1 aromatic carbocycles. The lowest BCUT2D eigenvalue weighted by molar-refractivity contribution is -0.135. The van der Waals surface area contributed by atoms with Gasteiger partial charge in [0.05, 0.1) is 7.11 Å². The number of ether oxygens (including phenoxy) is 1. The topological polar surface area (TPSA) is 63.6 Å². The first-order valence-corrected chi connectivity index (χ1v) is 5.64. The molecule has 0 saturated heterocycles. The maximum atomic E-state index is 10.7. The van der Waals surface area contributed by atoms with Crippen LogP contribution >= 0.6 is 0 Å². The molecule has 0 aliphatic heterocycles. The summed E-state index contributed by atoms with van der Waals surface area (Å²) in [5, 5.41) is 8.01. The van der Waals surface area contributed by atoms with Crippen molar-refractivity contribution < 1.29 is 19.4 Å². The van der Waals surface area contributed by atoms with Crippen molar-refractivity contribution >= 4 is 18.0 Å². The van der Waals surface area contributed by atoms with Gasteiger partial charge < -0.3 is 9.84 Å². The second-order valence-electron chi connectivity index (χ2n) is 3.83. The Bertz CT molecular complexity index is 454. The van der Waals surface area contributed by atoms with E-state index in [0.29, 0.717) is 0 Å². The average molecular weight is 262 g/mol. The molecule has 0 heterocycles. The maximum Gasteiger partial charge on any atom is 0.330 e. The molecular weight excluding hydrogens is 244 g/mol. The van der Waals surface area contributed by atoms with Gasteiger partial charge in [-0.15, -0.1) is 0 Å². The van der Waals surface area contributed by atoms with E-state index in [1.165, 1.54) is 19.3 Å². The van der Waals surface area contributed by atoms with Crippen molar-refractivity contribution in [2.45, 2.75) is 13.8 Å². The lowest BCUT2D eigenvalue weighted by atomic mass is 10.2. The molecule has 0 aromatic heterocycles. The number of allylic oxidation sites excluding steroid dienone is 1. The predicted octanol–water partition coefficient (Wildman–Crippen LogP) is 2.91. The van der Waals surface area contributed by atoms with Crippen molar-refractivity contribution in [2.24, 2.45) is 0 Å². The first kappa shape index (κ1) is 16.6. The zero-order valence-corrected chi connectivity index (χ0v) is 11.3. The summed E-state index contributed by atoms with van der Waals surface area (Å²) in [6, 6.07) is 9.59. The molecule has 0 aliphatic rings. The Morgan fingerprint density at radius 1 is 1.16 bits per heavy atom. The summed E-state index contributed by atoms with van der Waals surface area (Å²) in [5.74, 6) is -1.21. The van der Waals surface area contributed by atoms with Crippen molar-refractivity contribution in [1.82, 2.24) is 0 Å². The fourth-order valence-corrected chi connectivity index (χ4v) is 1.04. The Morgan fingerprint density at radius 3 is 2.11 bits per heavy atom. The minimum absolute atomic E-state index is 0.334. The highest BCUT2D eigenvalue weighted by atomic mass is 16.5. The third-order valence-corrected chi connectivity index (χ3v) is 1.82. The standard InChI is InChI=1S/C10H10O2.C5H8O2/c1-12-10(11)8-7-9-5-3-2-4-6-9;1-4(2)3-5(6)7/h2-8H,1H3;3H,1-2H3,(H,6,7)/b8-7+;. The molecule has 1 aromatic rings. The van der Waals surface area contributed by atoms with Gasteiger partial charge in [-0.2, -0.15) is 0 Å². The number of methoxy groups -OCH3 is 1. The van der Waals surface area contributed by atoms with Crippen molar-refractivity contribution in [2.75, 3.05) is 7.11 Å². The van der Waals surface area contributed by atoms with E-state index in [9.17, 15) is 9.59 Å². The second kappa shape index (κ2) is 9.65. The summed E-state index contributed by atoms with van der Waals surface area (Å²) in [5.41, 5.74) is 1.80. The molecule has 1 N–H and O–H groups in total. The summed E-state index contributed by atoms with van der Waals surface area (Å²) >= 11 is 0. The molecule has 0 unspecified atom stereocenters. The van der Waals surface area contributed by atoms with Crippen molar-refractivity contribution in [1.29, 1.82) is 0 Å². The van der Waals surface area contributed by atoms with Crippen LogP contribution in [0.25, 0.3) is 6.08 Å². The first-order valence-electron chi connectivity index (χ1n) is 5.64. The quantitative estimate of drug-likeness (QED) is 0.672. The molecule has 19 heavy (non-hydrogen) atoms. The first-order chi connectivity index (χ1) is 8.95. The highest BCUT2D eigenvalue weighted by Gasteiger charge is 1.89. The number of carboxylic acid groups (broad SMARTS) is 1. The third kappa shape index (κ3) is 10.5. The van der Waals surface area contributed by atoms with Gasteiger partial charge in [-0.3, -0.25) is 0 Å². The van der Waals surface area contributed by atoms with Crippen LogP contribution in [-0.4, -0.2) is 24.2 Å². The summed E-state index contributed by atoms with van der Waals surface area (Å²) < 4.78 is 4.45. The highest BCUT2D eigenvalue weighted by molar-refractivity contribution is 5.86. The number of hydrogen-bond donors (Lipinski definition) is 1. The Hall–Kier alpha value is -2.36. The minimum Gasteiger partial charge on any atom is -0.478 e. The molecule has 0 radical (unpaired) electrons. The van der Waals surface area contributed by atoms with Crippen LogP contribution in [0.4, 0.5) is 0 Å². The molecule has 1 rings (SSSR count). The van der Waals surface area contributed by atoms with Crippen LogP contribution in [-0.2, 0) is 14.3 Å². The van der Waals surface area contributed by atoms with E-state index in [1.807, 2.05) is 30.3 Å². The zero-order chi connectivity index (χ0) is 14.7. The van der Waals surface area contributed by atoms with Crippen LogP contribution in [0.1, 0.15) is 19.4 Å². The summed E-state index contributed by atoms with van der Waals surface area (Å²) in [6.45, 7) is 3.49. The number of rotatable bonds is 3. The maximum absolute atomic E-state index is 10.7. The Labute approximate surface area is 113 Å². The number of esters is 1. The molecule has 102 valence electrons. The predicted molar refractivity (Wildman–Crippen MR) is 74.6 cm³/mol. The zero-order valence-electron chi connectivity index (χ0n) is 11.3. The van der Waals surface area contributed by atoms with Crippen molar-refractivity contribution in [3.05, 3.63) is 53.6 Å². The second-order valence-corrected chi connectivity index (χ2v) is 3.83. The van der Waals surface area contributed by atoms with Gasteiger partial charge in [0.25, 0.3) is 0 Å². The SMILES string of the molecule is CC(C)=CC(=O)O.COC(=O)/C=C/c1ccccc1. The molecule has 0 atom stereocenters.